The zero-order valence-corrected chi connectivity index (χ0v) is 11.9. The first-order chi connectivity index (χ1) is 8.61. The van der Waals surface area contributed by atoms with Crippen LogP contribution in [0.2, 0.25) is 0 Å². The molecule has 3 atom stereocenters. The van der Waals surface area contributed by atoms with Crippen molar-refractivity contribution < 1.29 is 4.39 Å². The molecule has 4 heteroatoms. The molecule has 18 heavy (non-hydrogen) atoms. The van der Waals surface area contributed by atoms with Crippen LogP contribution in [0.5, 0.6) is 0 Å². The molecule has 3 rings (SSSR count). The fraction of sp³-hybridized carbons (Fsp3) is 0.571. The Balaban J connectivity index is 1.67. The topological polar surface area (TPSA) is 29.3 Å². The Bertz CT molecular complexity index is 431. The van der Waals surface area contributed by atoms with Crippen LogP contribution in [0.15, 0.2) is 22.7 Å². The van der Waals surface area contributed by atoms with Crippen LogP contribution in [-0.4, -0.2) is 24.0 Å². The number of nitrogens with two attached hydrogens (primary N) is 1. The third kappa shape index (κ3) is 2.46. The number of rotatable bonds is 2. The summed E-state index contributed by atoms with van der Waals surface area (Å²) in [4.78, 5) is 2.41. The van der Waals surface area contributed by atoms with E-state index in [1.54, 1.807) is 6.07 Å². The molecule has 1 saturated heterocycles. The highest BCUT2D eigenvalue weighted by Gasteiger charge is 2.40. The van der Waals surface area contributed by atoms with E-state index in [0.29, 0.717) is 12.0 Å². The van der Waals surface area contributed by atoms with Gasteiger partial charge in [0.1, 0.15) is 5.82 Å². The minimum absolute atomic E-state index is 0.171. The van der Waals surface area contributed by atoms with Crippen LogP contribution in [0.1, 0.15) is 18.4 Å². The molecule has 2 N–H and O–H groups in total. The molecule has 98 valence electrons. The predicted molar refractivity (Wildman–Crippen MR) is 73.6 cm³/mol. The standard InChI is InChI=1S/C14H18BrFN2/c15-11-3-9(4-12(16)5-11)6-18-7-10-1-2-14(17)13(10)8-18/h3-5,10,13-14H,1-2,6-8,17H2. The lowest BCUT2D eigenvalue weighted by molar-refractivity contribution is 0.298. The van der Waals surface area contributed by atoms with Crippen LogP contribution in [0.25, 0.3) is 0 Å². The summed E-state index contributed by atoms with van der Waals surface area (Å²) in [7, 11) is 0. The third-order valence-electron chi connectivity index (χ3n) is 4.32. The van der Waals surface area contributed by atoms with Gasteiger partial charge in [-0.2, -0.15) is 0 Å². The minimum atomic E-state index is -0.171. The molecule has 0 amide bonds. The summed E-state index contributed by atoms with van der Waals surface area (Å²) in [5.41, 5.74) is 7.17. The van der Waals surface area contributed by atoms with Gasteiger partial charge < -0.3 is 5.73 Å². The van der Waals surface area contributed by atoms with Crippen LogP contribution in [0.4, 0.5) is 4.39 Å². The molecule has 1 heterocycles. The second-order valence-electron chi connectivity index (χ2n) is 5.64. The van der Waals surface area contributed by atoms with Gasteiger partial charge in [0, 0.05) is 30.1 Å². The maximum absolute atomic E-state index is 13.3. The molecule has 0 aromatic heterocycles. The summed E-state index contributed by atoms with van der Waals surface area (Å²) in [6.45, 7) is 3.02. The zero-order valence-electron chi connectivity index (χ0n) is 10.3. The minimum Gasteiger partial charge on any atom is -0.327 e. The Morgan fingerprint density at radius 1 is 1.28 bits per heavy atom. The molecule has 1 saturated carbocycles. The zero-order chi connectivity index (χ0) is 12.7. The van der Waals surface area contributed by atoms with Crippen LogP contribution in [0.3, 0.4) is 0 Å². The largest absolute Gasteiger partial charge is 0.327 e. The molecular formula is C14H18BrFN2. The molecule has 2 aliphatic rings. The third-order valence-corrected chi connectivity index (χ3v) is 4.77. The Morgan fingerprint density at radius 3 is 2.83 bits per heavy atom. The van der Waals surface area contributed by atoms with Gasteiger partial charge >= 0.3 is 0 Å². The monoisotopic (exact) mass is 312 g/mol. The highest BCUT2D eigenvalue weighted by atomic mass is 79.9. The highest BCUT2D eigenvalue weighted by Crippen LogP contribution is 2.37. The molecule has 2 fully saturated rings. The van der Waals surface area contributed by atoms with Crippen molar-refractivity contribution in [1.29, 1.82) is 0 Å². The maximum Gasteiger partial charge on any atom is 0.124 e. The van der Waals surface area contributed by atoms with E-state index in [4.69, 9.17) is 5.73 Å². The molecule has 2 nitrogen and oxygen atoms in total. The van der Waals surface area contributed by atoms with E-state index >= 15 is 0 Å². The van der Waals surface area contributed by atoms with Crippen molar-refractivity contribution in [3.63, 3.8) is 0 Å². The van der Waals surface area contributed by atoms with Gasteiger partial charge in [0.25, 0.3) is 0 Å². The second-order valence-corrected chi connectivity index (χ2v) is 6.55. The van der Waals surface area contributed by atoms with Crippen molar-refractivity contribution in [3.8, 4) is 0 Å². The Labute approximate surface area is 115 Å². The number of hydrogen-bond donors (Lipinski definition) is 1. The Kier molecular flexibility index (Phi) is 3.43. The van der Waals surface area contributed by atoms with E-state index in [0.717, 1.165) is 35.6 Å². The SMILES string of the molecule is NC1CCC2CN(Cc3cc(F)cc(Br)c3)CC12. The average molecular weight is 313 g/mol. The molecule has 1 aromatic carbocycles. The normalized spacial score (nSPS) is 31.8. The van der Waals surface area contributed by atoms with Crippen LogP contribution in [0, 0.1) is 17.7 Å². The van der Waals surface area contributed by atoms with Crippen molar-refractivity contribution in [1.82, 2.24) is 4.90 Å². The highest BCUT2D eigenvalue weighted by molar-refractivity contribution is 9.10. The summed E-state index contributed by atoms with van der Waals surface area (Å²) < 4.78 is 14.1. The molecule has 0 bridgehead atoms. The van der Waals surface area contributed by atoms with Crippen molar-refractivity contribution in [2.45, 2.75) is 25.4 Å². The lowest BCUT2D eigenvalue weighted by Crippen LogP contribution is -2.30. The molecule has 3 unspecified atom stereocenters. The molecule has 1 aliphatic heterocycles. The maximum atomic E-state index is 13.3. The van der Waals surface area contributed by atoms with Crippen molar-refractivity contribution in [2.24, 2.45) is 17.6 Å². The lowest BCUT2D eigenvalue weighted by atomic mass is 9.98. The van der Waals surface area contributed by atoms with E-state index in [1.165, 1.54) is 18.9 Å². The Hall–Kier alpha value is -0.450. The molecule has 0 spiro atoms. The van der Waals surface area contributed by atoms with Gasteiger partial charge in [0.2, 0.25) is 0 Å². The number of likely N-dealkylation sites (tertiary alicyclic amines) is 1. The van der Waals surface area contributed by atoms with Gasteiger partial charge in [-0.25, -0.2) is 4.39 Å². The van der Waals surface area contributed by atoms with E-state index < -0.39 is 0 Å². The molecular weight excluding hydrogens is 295 g/mol. The van der Waals surface area contributed by atoms with E-state index in [2.05, 4.69) is 20.8 Å². The molecule has 0 radical (unpaired) electrons. The number of fused-ring (bicyclic) bond motifs is 1. The average Bonchev–Trinajstić information content (AvgIpc) is 2.80. The smallest absolute Gasteiger partial charge is 0.124 e. The molecule has 1 aliphatic carbocycles. The fourth-order valence-electron chi connectivity index (χ4n) is 3.49. The first kappa shape index (κ1) is 12.6. The first-order valence-electron chi connectivity index (χ1n) is 6.55. The predicted octanol–water partition coefficient (Wildman–Crippen LogP) is 2.76. The fourth-order valence-corrected chi connectivity index (χ4v) is 4.00. The quantitative estimate of drug-likeness (QED) is 0.910. The van der Waals surface area contributed by atoms with Gasteiger partial charge in [0.15, 0.2) is 0 Å². The summed E-state index contributed by atoms with van der Waals surface area (Å²) in [6.07, 6.45) is 2.43. The number of benzene rings is 1. The van der Waals surface area contributed by atoms with Crippen molar-refractivity contribution in [3.05, 3.63) is 34.1 Å². The summed E-state index contributed by atoms with van der Waals surface area (Å²) >= 11 is 3.34. The van der Waals surface area contributed by atoms with Crippen molar-refractivity contribution in [2.75, 3.05) is 13.1 Å². The second kappa shape index (κ2) is 4.91. The Morgan fingerprint density at radius 2 is 2.11 bits per heavy atom. The summed E-state index contributed by atoms with van der Waals surface area (Å²) in [5, 5.41) is 0. The molecule has 1 aromatic rings. The van der Waals surface area contributed by atoms with E-state index in [-0.39, 0.29) is 5.82 Å². The number of nitrogens with zero attached hydrogens (tertiary/aromatic N) is 1. The van der Waals surface area contributed by atoms with Gasteiger partial charge in [-0.05, 0) is 48.4 Å². The van der Waals surface area contributed by atoms with E-state index in [9.17, 15) is 4.39 Å². The summed E-state index contributed by atoms with van der Waals surface area (Å²) in [5.74, 6) is 1.24. The van der Waals surface area contributed by atoms with Crippen LogP contribution < -0.4 is 5.73 Å². The van der Waals surface area contributed by atoms with Crippen LogP contribution in [-0.2, 0) is 6.54 Å². The summed E-state index contributed by atoms with van der Waals surface area (Å²) in [6, 6.07) is 5.49. The van der Waals surface area contributed by atoms with Gasteiger partial charge in [-0.15, -0.1) is 0 Å². The first-order valence-corrected chi connectivity index (χ1v) is 7.34. The number of hydrogen-bond acceptors (Lipinski definition) is 2. The lowest BCUT2D eigenvalue weighted by Gasteiger charge is -2.18. The van der Waals surface area contributed by atoms with E-state index in [1.807, 2.05) is 6.07 Å². The van der Waals surface area contributed by atoms with Gasteiger partial charge in [-0.1, -0.05) is 15.9 Å². The van der Waals surface area contributed by atoms with Crippen LogP contribution >= 0.6 is 15.9 Å². The van der Waals surface area contributed by atoms with Gasteiger partial charge in [-0.3, -0.25) is 4.90 Å². The van der Waals surface area contributed by atoms with Gasteiger partial charge in [0.05, 0.1) is 0 Å². The van der Waals surface area contributed by atoms with Crippen molar-refractivity contribution >= 4 is 15.9 Å². The number of halogens is 2.